The van der Waals surface area contributed by atoms with Gasteiger partial charge in [-0.15, -0.1) is 21.5 Å². The lowest BCUT2D eigenvalue weighted by atomic mass is 10.2. The molecule has 0 saturated heterocycles. The molecule has 0 aliphatic rings. The van der Waals surface area contributed by atoms with Crippen molar-refractivity contribution in [2.75, 3.05) is 0 Å². The first-order valence-corrected chi connectivity index (χ1v) is 12.7. The van der Waals surface area contributed by atoms with Gasteiger partial charge in [0.2, 0.25) is 5.82 Å². The van der Waals surface area contributed by atoms with Gasteiger partial charge in [-0.1, -0.05) is 47.6 Å². The van der Waals surface area contributed by atoms with E-state index in [-0.39, 0.29) is 18.3 Å². The third-order valence-corrected chi connectivity index (χ3v) is 7.24. The summed E-state index contributed by atoms with van der Waals surface area (Å²) < 4.78 is 20.4. The molecule has 176 valence electrons. The Bertz CT molecular complexity index is 1450. The zero-order valence-electron chi connectivity index (χ0n) is 18.0. The van der Waals surface area contributed by atoms with E-state index < -0.39 is 0 Å². The van der Waals surface area contributed by atoms with Crippen molar-refractivity contribution in [1.29, 1.82) is 0 Å². The van der Waals surface area contributed by atoms with Crippen LogP contribution in [0, 0.1) is 5.82 Å². The molecule has 0 spiro atoms. The minimum absolute atomic E-state index is 0.289. The molecular formula is C24H17ClFN5O2S2. The number of rotatable bonds is 8. The van der Waals surface area contributed by atoms with Crippen LogP contribution in [0.4, 0.5) is 4.39 Å². The molecule has 3 heterocycles. The van der Waals surface area contributed by atoms with Gasteiger partial charge in [0.05, 0.1) is 22.7 Å². The van der Waals surface area contributed by atoms with Crippen LogP contribution in [0.1, 0.15) is 21.1 Å². The van der Waals surface area contributed by atoms with Crippen LogP contribution in [0.5, 0.6) is 0 Å². The number of carbonyl (C=O) groups is 1. The molecule has 5 aromatic rings. The van der Waals surface area contributed by atoms with Crippen LogP contribution in [-0.2, 0) is 12.3 Å². The smallest absolute Gasteiger partial charge is 0.271 e. The molecule has 0 aliphatic carbocycles. The maximum atomic E-state index is 13.0. The first kappa shape index (κ1) is 23.3. The van der Waals surface area contributed by atoms with Crippen LogP contribution in [0.2, 0.25) is 5.02 Å². The number of benzene rings is 2. The average Bonchev–Trinajstić information content (AvgIpc) is 3.63. The van der Waals surface area contributed by atoms with E-state index in [1.54, 1.807) is 35.9 Å². The molecule has 0 aliphatic heterocycles. The topological polar surface area (TPSA) is 85.8 Å². The summed E-state index contributed by atoms with van der Waals surface area (Å²) in [5, 5.41) is 15.1. The largest absolute Gasteiger partial charge is 0.461 e. The predicted octanol–water partition coefficient (Wildman–Crippen LogP) is 6.00. The lowest BCUT2D eigenvalue weighted by Gasteiger charge is -2.10. The van der Waals surface area contributed by atoms with Crippen molar-refractivity contribution >= 4 is 40.6 Å². The normalized spacial score (nSPS) is 11.0. The van der Waals surface area contributed by atoms with E-state index in [0.717, 1.165) is 16.3 Å². The summed E-state index contributed by atoms with van der Waals surface area (Å²) in [6.45, 7) is 0.289. The lowest BCUT2D eigenvalue weighted by molar-refractivity contribution is 0.0946. The van der Waals surface area contributed by atoms with Gasteiger partial charge in [-0.2, -0.15) is 0 Å². The standard InChI is InChI=1S/C24H17ClFN5O2S2/c25-17-4-1-2-5-19(17)31-22(20-6-3-11-33-20)29-30-24(31)35-14-21-28-18(13-34-21)23(32)27-12-15-7-9-16(26)10-8-15/h1-11,13H,12,14H2,(H,27,32). The van der Waals surface area contributed by atoms with Gasteiger partial charge < -0.3 is 9.73 Å². The molecule has 3 aromatic heterocycles. The van der Waals surface area contributed by atoms with Crippen LogP contribution in [0.15, 0.2) is 81.9 Å². The molecule has 2 aromatic carbocycles. The Kier molecular flexibility index (Phi) is 6.94. The lowest BCUT2D eigenvalue weighted by Crippen LogP contribution is -2.23. The molecule has 35 heavy (non-hydrogen) atoms. The van der Waals surface area contributed by atoms with E-state index in [0.29, 0.717) is 33.2 Å². The second kappa shape index (κ2) is 10.4. The monoisotopic (exact) mass is 525 g/mol. The van der Waals surface area contributed by atoms with Crippen molar-refractivity contribution in [3.8, 4) is 17.3 Å². The number of thiazole rings is 1. The highest BCUT2D eigenvalue weighted by molar-refractivity contribution is 7.98. The van der Waals surface area contributed by atoms with E-state index in [1.807, 2.05) is 28.8 Å². The molecule has 7 nitrogen and oxygen atoms in total. The first-order chi connectivity index (χ1) is 17.1. The molecule has 0 fully saturated rings. The Hall–Kier alpha value is -3.47. The number of hydrogen-bond acceptors (Lipinski definition) is 7. The Morgan fingerprint density at radius 2 is 1.94 bits per heavy atom. The second-order valence-corrected chi connectivity index (χ2v) is 9.59. The maximum Gasteiger partial charge on any atom is 0.271 e. The summed E-state index contributed by atoms with van der Waals surface area (Å²) in [5.41, 5.74) is 1.86. The molecule has 1 N–H and O–H groups in total. The quantitative estimate of drug-likeness (QED) is 0.250. The molecule has 0 unspecified atom stereocenters. The predicted molar refractivity (Wildman–Crippen MR) is 133 cm³/mol. The van der Waals surface area contributed by atoms with Gasteiger partial charge in [0.25, 0.3) is 5.91 Å². The van der Waals surface area contributed by atoms with Gasteiger partial charge in [-0.3, -0.25) is 9.36 Å². The van der Waals surface area contributed by atoms with Crippen molar-refractivity contribution in [3.05, 3.63) is 99.4 Å². The SMILES string of the molecule is O=C(NCc1ccc(F)cc1)c1csc(CSc2nnc(-c3ccco3)n2-c2ccccc2Cl)n1. The fourth-order valence-electron chi connectivity index (χ4n) is 3.26. The van der Waals surface area contributed by atoms with Crippen molar-refractivity contribution < 1.29 is 13.6 Å². The third kappa shape index (κ3) is 5.29. The molecule has 11 heteroatoms. The number of nitrogens with zero attached hydrogens (tertiary/aromatic N) is 4. The van der Waals surface area contributed by atoms with Crippen LogP contribution < -0.4 is 5.32 Å². The van der Waals surface area contributed by atoms with Crippen molar-refractivity contribution in [1.82, 2.24) is 25.1 Å². The number of furan rings is 1. The number of nitrogens with one attached hydrogen (secondary N) is 1. The van der Waals surface area contributed by atoms with E-state index in [9.17, 15) is 9.18 Å². The number of halogens is 2. The van der Waals surface area contributed by atoms with E-state index >= 15 is 0 Å². The molecule has 1 amide bonds. The zero-order chi connectivity index (χ0) is 24.2. The molecule has 0 bridgehead atoms. The summed E-state index contributed by atoms with van der Waals surface area (Å²) in [4.78, 5) is 16.9. The number of para-hydroxylation sites is 1. The molecule has 0 atom stereocenters. The van der Waals surface area contributed by atoms with Gasteiger partial charge in [-0.25, -0.2) is 9.37 Å². The van der Waals surface area contributed by atoms with Gasteiger partial charge in [-0.05, 0) is 42.0 Å². The highest BCUT2D eigenvalue weighted by Gasteiger charge is 2.20. The highest BCUT2D eigenvalue weighted by atomic mass is 35.5. The van der Waals surface area contributed by atoms with E-state index in [2.05, 4.69) is 20.5 Å². The maximum absolute atomic E-state index is 13.0. The molecule has 0 saturated carbocycles. The van der Waals surface area contributed by atoms with Gasteiger partial charge in [0.1, 0.15) is 16.5 Å². The zero-order valence-corrected chi connectivity index (χ0v) is 20.4. The van der Waals surface area contributed by atoms with Gasteiger partial charge >= 0.3 is 0 Å². The van der Waals surface area contributed by atoms with Crippen molar-refractivity contribution in [3.63, 3.8) is 0 Å². The van der Waals surface area contributed by atoms with E-state index in [1.165, 1.54) is 35.2 Å². The molecule has 5 rings (SSSR count). The van der Waals surface area contributed by atoms with Crippen LogP contribution in [-0.4, -0.2) is 25.7 Å². The Morgan fingerprint density at radius 3 is 2.71 bits per heavy atom. The summed E-state index contributed by atoms with van der Waals surface area (Å²) in [6, 6.07) is 17.0. The Balaban J connectivity index is 1.30. The third-order valence-electron chi connectivity index (χ3n) is 4.94. The summed E-state index contributed by atoms with van der Waals surface area (Å²) in [6.07, 6.45) is 1.58. The van der Waals surface area contributed by atoms with Crippen LogP contribution in [0.25, 0.3) is 17.3 Å². The van der Waals surface area contributed by atoms with Gasteiger partial charge in [0.15, 0.2) is 10.9 Å². The van der Waals surface area contributed by atoms with Crippen LogP contribution >= 0.6 is 34.7 Å². The minimum Gasteiger partial charge on any atom is -0.461 e. The first-order valence-electron chi connectivity index (χ1n) is 10.4. The minimum atomic E-state index is -0.316. The number of amides is 1. The fraction of sp³-hybridized carbons (Fsp3) is 0.0833. The number of thioether (sulfide) groups is 1. The fourth-order valence-corrected chi connectivity index (χ4v) is 5.22. The highest BCUT2D eigenvalue weighted by Crippen LogP contribution is 2.33. The number of carbonyl (C=O) groups excluding carboxylic acids is 1. The molecular weight excluding hydrogens is 509 g/mol. The number of aromatic nitrogens is 4. The number of hydrogen-bond donors (Lipinski definition) is 1. The average molecular weight is 526 g/mol. The van der Waals surface area contributed by atoms with Gasteiger partial charge in [0, 0.05) is 11.9 Å². The second-order valence-electron chi connectivity index (χ2n) is 7.29. The van der Waals surface area contributed by atoms with Crippen LogP contribution in [0.3, 0.4) is 0 Å². The summed E-state index contributed by atoms with van der Waals surface area (Å²) >= 11 is 9.28. The Labute approximate surface area is 213 Å². The van der Waals surface area contributed by atoms with Crippen molar-refractivity contribution in [2.45, 2.75) is 17.5 Å². The summed E-state index contributed by atoms with van der Waals surface area (Å²) in [7, 11) is 0. The summed E-state index contributed by atoms with van der Waals surface area (Å²) in [5.74, 6) is 0.977. The Morgan fingerprint density at radius 1 is 1.11 bits per heavy atom. The van der Waals surface area contributed by atoms with E-state index in [4.69, 9.17) is 16.0 Å². The van der Waals surface area contributed by atoms with Crippen molar-refractivity contribution in [2.24, 2.45) is 0 Å². The molecule has 0 radical (unpaired) electrons.